The maximum absolute atomic E-state index is 4.49. The lowest BCUT2D eigenvalue weighted by atomic mass is 10.0. The van der Waals surface area contributed by atoms with Crippen molar-refractivity contribution in [1.82, 2.24) is 14.5 Å². The number of hydrogen-bond donors (Lipinski definition) is 0. The molecule has 1 aliphatic rings. The van der Waals surface area contributed by atoms with Gasteiger partial charge in [-0.1, -0.05) is 6.07 Å². The summed E-state index contributed by atoms with van der Waals surface area (Å²) in [7, 11) is 0. The highest BCUT2D eigenvalue weighted by molar-refractivity contribution is 5.18. The first-order chi connectivity index (χ1) is 7.93. The summed E-state index contributed by atoms with van der Waals surface area (Å²) in [5, 5.41) is 0. The SMILES string of the molecule is c1ccc(Cn2cnc3c2CCCC3)nc1. The Bertz CT molecular complexity index is 473. The zero-order valence-corrected chi connectivity index (χ0v) is 9.26. The van der Waals surface area contributed by atoms with Crippen LogP contribution in [0.15, 0.2) is 30.7 Å². The maximum Gasteiger partial charge on any atom is 0.0955 e. The Morgan fingerprint density at radius 2 is 2.06 bits per heavy atom. The summed E-state index contributed by atoms with van der Waals surface area (Å²) >= 11 is 0. The van der Waals surface area contributed by atoms with E-state index in [4.69, 9.17) is 0 Å². The second-order valence-electron chi connectivity index (χ2n) is 4.29. The van der Waals surface area contributed by atoms with Crippen molar-refractivity contribution in [3.05, 3.63) is 47.8 Å². The van der Waals surface area contributed by atoms with Crippen LogP contribution in [-0.2, 0) is 19.4 Å². The summed E-state index contributed by atoms with van der Waals surface area (Å²) in [6.07, 6.45) is 8.70. The van der Waals surface area contributed by atoms with Crippen LogP contribution in [0, 0.1) is 0 Å². The smallest absolute Gasteiger partial charge is 0.0955 e. The molecule has 0 unspecified atom stereocenters. The number of aryl methyl sites for hydroxylation is 1. The molecule has 16 heavy (non-hydrogen) atoms. The highest BCUT2D eigenvalue weighted by atomic mass is 15.1. The fourth-order valence-electron chi connectivity index (χ4n) is 2.33. The van der Waals surface area contributed by atoms with E-state index >= 15 is 0 Å². The van der Waals surface area contributed by atoms with Gasteiger partial charge in [-0.25, -0.2) is 4.98 Å². The number of aromatic nitrogens is 3. The van der Waals surface area contributed by atoms with Crippen molar-refractivity contribution in [2.24, 2.45) is 0 Å². The van der Waals surface area contributed by atoms with E-state index in [1.807, 2.05) is 24.7 Å². The highest BCUT2D eigenvalue weighted by Gasteiger charge is 2.15. The second-order valence-corrected chi connectivity index (χ2v) is 4.29. The van der Waals surface area contributed by atoms with Crippen molar-refractivity contribution >= 4 is 0 Å². The topological polar surface area (TPSA) is 30.7 Å². The molecule has 2 aromatic heterocycles. The molecule has 0 saturated heterocycles. The Kier molecular flexibility index (Phi) is 2.44. The minimum atomic E-state index is 0.850. The van der Waals surface area contributed by atoms with Crippen molar-refractivity contribution in [3.8, 4) is 0 Å². The number of nitrogens with zero attached hydrogens (tertiary/aromatic N) is 3. The molecule has 0 radical (unpaired) electrons. The minimum absolute atomic E-state index is 0.850. The van der Waals surface area contributed by atoms with E-state index in [0.29, 0.717) is 0 Å². The van der Waals surface area contributed by atoms with Gasteiger partial charge in [-0.15, -0.1) is 0 Å². The predicted molar refractivity (Wildman–Crippen MR) is 62.2 cm³/mol. The summed E-state index contributed by atoms with van der Waals surface area (Å²) < 4.78 is 2.25. The van der Waals surface area contributed by atoms with Gasteiger partial charge in [0.05, 0.1) is 24.3 Å². The number of hydrogen-bond acceptors (Lipinski definition) is 2. The molecule has 0 aliphatic heterocycles. The first-order valence-corrected chi connectivity index (χ1v) is 5.86. The minimum Gasteiger partial charge on any atom is -0.328 e. The standard InChI is InChI=1S/C13H15N3/c1-2-7-13-12(6-1)15-10-16(13)9-11-5-3-4-8-14-11/h3-5,8,10H,1-2,6-7,9H2. The molecule has 0 fully saturated rings. The first kappa shape index (κ1) is 9.58. The van der Waals surface area contributed by atoms with E-state index in [1.54, 1.807) is 0 Å². The molecule has 0 amide bonds. The van der Waals surface area contributed by atoms with Crippen molar-refractivity contribution in [1.29, 1.82) is 0 Å². The lowest BCUT2D eigenvalue weighted by molar-refractivity contribution is 0.625. The molecule has 3 rings (SSSR count). The van der Waals surface area contributed by atoms with Gasteiger partial charge in [0.25, 0.3) is 0 Å². The fraction of sp³-hybridized carbons (Fsp3) is 0.385. The maximum atomic E-state index is 4.49. The molecular formula is C13H15N3. The lowest BCUT2D eigenvalue weighted by Gasteiger charge is -2.13. The van der Waals surface area contributed by atoms with Gasteiger partial charge in [0, 0.05) is 11.9 Å². The summed E-state index contributed by atoms with van der Waals surface area (Å²) in [4.78, 5) is 8.84. The summed E-state index contributed by atoms with van der Waals surface area (Å²) in [5.74, 6) is 0. The van der Waals surface area contributed by atoms with Crippen molar-refractivity contribution in [3.63, 3.8) is 0 Å². The molecule has 3 nitrogen and oxygen atoms in total. The molecular weight excluding hydrogens is 198 g/mol. The van der Waals surface area contributed by atoms with Gasteiger partial charge in [-0.3, -0.25) is 4.98 Å². The normalized spacial score (nSPS) is 14.8. The van der Waals surface area contributed by atoms with Crippen LogP contribution < -0.4 is 0 Å². The fourth-order valence-corrected chi connectivity index (χ4v) is 2.33. The Hall–Kier alpha value is -1.64. The molecule has 0 saturated carbocycles. The predicted octanol–water partition coefficient (Wildman–Crippen LogP) is 2.21. The largest absolute Gasteiger partial charge is 0.328 e. The molecule has 82 valence electrons. The molecule has 2 aromatic rings. The van der Waals surface area contributed by atoms with Gasteiger partial charge in [0.1, 0.15) is 0 Å². The van der Waals surface area contributed by atoms with Crippen LogP contribution >= 0.6 is 0 Å². The molecule has 0 atom stereocenters. The molecule has 0 bridgehead atoms. The Morgan fingerprint density at radius 3 is 2.94 bits per heavy atom. The Labute approximate surface area is 95.2 Å². The van der Waals surface area contributed by atoms with Crippen LogP contribution in [0.1, 0.15) is 29.9 Å². The van der Waals surface area contributed by atoms with Crippen molar-refractivity contribution < 1.29 is 0 Å². The van der Waals surface area contributed by atoms with E-state index in [2.05, 4.69) is 20.6 Å². The average Bonchev–Trinajstić information content (AvgIpc) is 2.74. The van der Waals surface area contributed by atoms with Crippen molar-refractivity contribution in [2.75, 3.05) is 0 Å². The van der Waals surface area contributed by atoms with Crippen LogP contribution in [-0.4, -0.2) is 14.5 Å². The van der Waals surface area contributed by atoms with Crippen LogP contribution in [0.5, 0.6) is 0 Å². The molecule has 0 N–H and O–H groups in total. The summed E-state index contributed by atoms with van der Waals surface area (Å²) in [6.45, 7) is 0.850. The molecule has 3 heteroatoms. The third-order valence-corrected chi connectivity index (χ3v) is 3.17. The van der Waals surface area contributed by atoms with E-state index in [-0.39, 0.29) is 0 Å². The van der Waals surface area contributed by atoms with Gasteiger partial charge in [0.15, 0.2) is 0 Å². The van der Waals surface area contributed by atoms with Gasteiger partial charge < -0.3 is 4.57 Å². The van der Waals surface area contributed by atoms with E-state index in [9.17, 15) is 0 Å². The molecule has 2 heterocycles. The number of imidazole rings is 1. The van der Waals surface area contributed by atoms with Crippen LogP contribution in [0.2, 0.25) is 0 Å². The molecule has 0 aromatic carbocycles. The third kappa shape index (κ3) is 1.73. The van der Waals surface area contributed by atoms with E-state index in [0.717, 1.165) is 18.7 Å². The second kappa shape index (κ2) is 4.08. The average molecular weight is 213 g/mol. The Morgan fingerprint density at radius 1 is 1.12 bits per heavy atom. The summed E-state index contributed by atoms with van der Waals surface area (Å²) in [5.41, 5.74) is 3.81. The number of fused-ring (bicyclic) bond motifs is 1. The van der Waals surface area contributed by atoms with Gasteiger partial charge in [-0.05, 0) is 37.8 Å². The van der Waals surface area contributed by atoms with Crippen LogP contribution in [0.3, 0.4) is 0 Å². The monoisotopic (exact) mass is 213 g/mol. The quantitative estimate of drug-likeness (QED) is 0.765. The van der Waals surface area contributed by atoms with Crippen molar-refractivity contribution in [2.45, 2.75) is 32.2 Å². The molecule has 1 aliphatic carbocycles. The Balaban J connectivity index is 1.88. The molecule has 0 spiro atoms. The third-order valence-electron chi connectivity index (χ3n) is 3.17. The lowest BCUT2D eigenvalue weighted by Crippen LogP contribution is -2.09. The van der Waals surface area contributed by atoms with Gasteiger partial charge >= 0.3 is 0 Å². The van der Waals surface area contributed by atoms with Gasteiger partial charge in [-0.2, -0.15) is 0 Å². The van der Waals surface area contributed by atoms with E-state index in [1.165, 1.54) is 30.7 Å². The van der Waals surface area contributed by atoms with E-state index < -0.39 is 0 Å². The van der Waals surface area contributed by atoms with Crippen LogP contribution in [0.4, 0.5) is 0 Å². The zero-order chi connectivity index (χ0) is 10.8. The summed E-state index contributed by atoms with van der Waals surface area (Å²) in [6, 6.07) is 6.05. The van der Waals surface area contributed by atoms with Gasteiger partial charge in [0.2, 0.25) is 0 Å². The number of pyridine rings is 1. The zero-order valence-electron chi connectivity index (χ0n) is 9.26. The van der Waals surface area contributed by atoms with Crippen LogP contribution in [0.25, 0.3) is 0 Å². The first-order valence-electron chi connectivity index (χ1n) is 5.86. The number of rotatable bonds is 2. The highest BCUT2D eigenvalue weighted by Crippen LogP contribution is 2.20.